The number of hydrogen-bond acceptors (Lipinski definition) is 3. The minimum atomic E-state index is -0.624. The molecule has 0 aliphatic carbocycles. The molecule has 0 bridgehead atoms. The average Bonchev–Trinajstić information content (AvgIpc) is 2.20. The zero-order chi connectivity index (χ0) is 7.56. The molecule has 0 atom stereocenters. The molecule has 0 aromatic rings. The molecule has 0 unspecified atom stereocenters. The van der Waals surface area contributed by atoms with E-state index in [1.165, 1.54) is 6.20 Å². The van der Waals surface area contributed by atoms with Crippen molar-refractivity contribution in [3.05, 3.63) is 12.3 Å². The highest BCUT2D eigenvalue weighted by molar-refractivity contribution is 6.42. The maximum Gasteiger partial charge on any atom is 0.299 e. The Labute approximate surface area is 57.3 Å². The Balaban J connectivity index is 2.69. The van der Waals surface area contributed by atoms with Gasteiger partial charge in [-0.3, -0.25) is 14.5 Å². The second-order valence-corrected chi connectivity index (χ2v) is 1.77. The first-order chi connectivity index (χ1) is 4.75. The molecular weight excluding hydrogens is 132 g/mol. The molecule has 0 fully saturated rings. The zero-order valence-electron chi connectivity index (χ0n) is 5.07. The largest absolute Gasteiger partial charge is 0.299 e. The lowest BCUT2D eigenvalue weighted by Gasteiger charge is -2.04. The van der Waals surface area contributed by atoms with Crippen LogP contribution >= 0.6 is 0 Å². The van der Waals surface area contributed by atoms with E-state index in [0.29, 0.717) is 0 Å². The summed E-state index contributed by atoms with van der Waals surface area (Å²) in [6.45, 7) is -0.0545. The molecule has 0 saturated heterocycles. The number of nitriles is 1. The van der Waals surface area contributed by atoms with E-state index in [1.807, 2.05) is 0 Å². The molecular formula is C6H4N2O2. The third kappa shape index (κ3) is 0.890. The van der Waals surface area contributed by atoms with Gasteiger partial charge in [-0.05, 0) is 0 Å². The van der Waals surface area contributed by atoms with E-state index in [2.05, 4.69) is 0 Å². The third-order valence-corrected chi connectivity index (χ3v) is 1.12. The number of rotatable bonds is 1. The molecule has 10 heavy (non-hydrogen) atoms. The molecule has 0 spiro atoms. The van der Waals surface area contributed by atoms with E-state index in [-0.39, 0.29) is 6.54 Å². The second-order valence-electron chi connectivity index (χ2n) is 1.77. The van der Waals surface area contributed by atoms with Crippen molar-refractivity contribution in [1.29, 1.82) is 5.26 Å². The van der Waals surface area contributed by atoms with Crippen LogP contribution in [0.15, 0.2) is 12.3 Å². The number of ketones is 1. The summed E-state index contributed by atoms with van der Waals surface area (Å²) >= 11 is 0. The van der Waals surface area contributed by atoms with Crippen LogP contribution in [0.25, 0.3) is 0 Å². The molecule has 4 nitrogen and oxygen atoms in total. The van der Waals surface area contributed by atoms with Gasteiger partial charge in [-0.1, -0.05) is 0 Å². The fourth-order valence-electron chi connectivity index (χ4n) is 0.639. The third-order valence-electron chi connectivity index (χ3n) is 1.12. The summed E-state index contributed by atoms with van der Waals surface area (Å²) in [4.78, 5) is 22.2. The molecule has 0 aromatic heterocycles. The van der Waals surface area contributed by atoms with Crippen LogP contribution in [0.1, 0.15) is 0 Å². The lowest BCUT2D eigenvalue weighted by Crippen LogP contribution is -2.25. The topological polar surface area (TPSA) is 61.2 Å². The molecule has 0 N–H and O–H groups in total. The quantitative estimate of drug-likeness (QED) is 0.358. The van der Waals surface area contributed by atoms with Gasteiger partial charge in [0.05, 0.1) is 6.07 Å². The monoisotopic (exact) mass is 136 g/mol. The Morgan fingerprint density at radius 2 is 2.30 bits per heavy atom. The first kappa shape index (κ1) is 6.49. The summed E-state index contributed by atoms with van der Waals surface area (Å²) in [5.41, 5.74) is 0. The lowest BCUT2D eigenvalue weighted by atomic mass is 10.4. The summed E-state index contributed by atoms with van der Waals surface area (Å²) in [7, 11) is 0. The van der Waals surface area contributed by atoms with Crippen molar-refractivity contribution in [1.82, 2.24) is 4.90 Å². The standard InChI is InChI=1S/C6H4N2O2/c7-2-4-8-3-1-5(9)6(8)10/h1,3H,4H2. The van der Waals surface area contributed by atoms with Crippen molar-refractivity contribution in [3.8, 4) is 6.07 Å². The Hall–Kier alpha value is -1.63. The van der Waals surface area contributed by atoms with E-state index in [4.69, 9.17) is 5.26 Å². The van der Waals surface area contributed by atoms with Crippen molar-refractivity contribution >= 4 is 11.7 Å². The molecule has 0 radical (unpaired) electrons. The first-order valence-corrected chi connectivity index (χ1v) is 2.66. The minimum absolute atomic E-state index is 0.0545. The smallest absolute Gasteiger partial charge is 0.298 e. The molecule has 50 valence electrons. The lowest BCUT2D eigenvalue weighted by molar-refractivity contribution is -0.138. The zero-order valence-corrected chi connectivity index (χ0v) is 5.07. The van der Waals surface area contributed by atoms with Crippen LogP contribution in [0.4, 0.5) is 0 Å². The van der Waals surface area contributed by atoms with Gasteiger partial charge in [0.1, 0.15) is 6.54 Å². The van der Waals surface area contributed by atoms with E-state index in [0.717, 1.165) is 11.0 Å². The van der Waals surface area contributed by atoms with Gasteiger partial charge in [0, 0.05) is 12.3 Å². The van der Waals surface area contributed by atoms with E-state index in [9.17, 15) is 9.59 Å². The Kier molecular flexibility index (Phi) is 1.50. The van der Waals surface area contributed by atoms with Crippen LogP contribution in [0.2, 0.25) is 0 Å². The van der Waals surface area contributed by atoms with Crippen LogP contribution in [-0.2, 0) is 9.59 Å². The SMILES string of the molecule is N#CCN1C=CC(=O)C1=O. The summed E-state index contributed by atoms with van der Waals surface area (Å²) in [6, 6.07) is 1.76. The normalized spacial score (nSPS) is 16.1. The molecule has 1 aliphatic heterocycles. The van der Waals surface area contributed by atoms with Crippen molar-refractivity contribution in [3.63, 3.8) is 0 Å². The highest BCUT2D eigenvalue weighted by Gasteiger charge is 2.22. The second kappa shape index (κ2) is 2.31. The number of carbonyl (C=O) groups is 2. The van der Waals surface area contributed by atoms with Crippen LogP contribution in [0, 0.1) is 11.3 Å². The maximum atomic E-state index is 10.7. The van der Waals surface area contributed by atoms with Gasteiger partial charge in [0.2, 0.25) is 5.78 Å². The highest BCUT2D eigenvalue weighted by atomic mass is 16.2. The van der Waals surface area contributed by atoms with Crippen LogP contribution in [0.5, 0.6) is 0 Å². The maximum absolute atomic E-state index is 10.7. The summed E-state index contributed by atoms with van der Waals surface area (Å²) in [6.07, 6.45) is 2.47. The van der Waals surface area contributed by atoms with Crippen molar-refractivity contribution in [2.24, 2.45) is 0 Å². The molecule has 4 heteroatoms. The van der Waals surface area contributed by atoms with Gasteiger partial charge in [0.25, 0.3) is 5.91 Å². The molecule has 1 heterocycles. The Morgan fingerprint density at radius 3 is 2.70 bits per heavy atom. The molecule has 0 aromatic carbocycles. The molecule has 1 aliphatic rings. The van der Waals surface area contributed by atoms with Crippen molar-refractivity contribution in [2.45, 2.75) is 0 Å². The average molecular weight is 136 g/mol. The van der Waals surface area contributed by atoms with E-state index in [1.54, 1.807) is 6.07 Å². The van der Waals surface area contributed by atoms with Gasteiger partial charge in [-0.25, -0.2) is 0 Å². The minimum Gasteiger partial charge on any atom is -0.298 e. The van der Waals surface area contributed by atoms with Crippen LogP contribution in [0.3, 0.4) is 0 Å². The predicted molar refractivity (Wildman–Crippen MR) is 31.5 cm³/mol. The summed E-state index contributed by atoms with van der Waals surface area (Å²) in [5, 5.41) is 8.14. The Morgan fingerprint density at radius 1 is 1.60 bits per heavy atom. The van der Waals surface area contributed by atoms with Gasteiger partial charge in [-0.2, -0.15) is 5.26 Å². The summed E-state index contributed by atoms with van der Waals surface area (Å²) in [5.74, 6) is -1.18. The van der Waals surface area contributed by atoms with Gasteiger partial charge < -0.3 is 0 Å². The highest BCUT2D eigenvalue weighted by Crippen LogP contribution is 2.00. The molecule has 1 amide bonds. The Bertz CT molecular complexity index is 249. The number of nitrogens with zero attached hydrogens (tertiary/aromatic N) is 2. The fraction of sp³-hybridized carbons (Fsp3) is 0.167. The van der Waals surface area contributed by atoms with Gasteiger partial charge in [-0.15, -0.1) is 0 Å². The predicted octanol–water partition coefficient (Wildman–Crippen LogP) is -0.565. The van der Waals surface area contributed by atoms with E-state index >= 15 is 0 Å². The van der Waals surface area contributed by atoms with Crippen LogP contribution in [-0.4, -0.2) is 23.1 Å². The van der Waals surface area contributed by atoms with E-state index < -0.39 is 11.7 Å². The first-order valence-electron chi connectivity index (χ1n) is 2.66. The fourth-order valence-corrected chi connectivity index (χ4v) is 0.639. The number of carbonyl (C=O) groups excluding carboxylic acids is 2. The van der Waals surface area contributed by atoms with Crippen LogP contribution < -0.4 is 0 Å². The van der Waals surface area contributed by atoms with Crippen molar-refractivity contribution in [2.75, 3.05) is 6.54 Å². The number of hydrogen-bond donors (Lipinski definition) is 0. The summed E-state index contributed by atoms with van der Waals surface area (Å²) < 4.78 is 0. The van der Waals surface area contributed by atoms with Crippen molar-refractivity contribution < 1.29 is 9.59 Å². The molecule has 1 rings (SSSR count). The van der Waals surface area contributed by atoms with Gasteiger partial charge >= 0.3 is 0 Å². The molecule has 0 saturated carbocycles. The van der Waals surface area contributed by atoms with Gasteiger partial charge in [0.15, 0.2) is 0 Å². The number of amides is 1.